The number of rotatable bonds is 4. The van der Waals surface area contributed by atoms with E-state index < -0.39 is 0 Å². The van der Waals surface area contributed by atoms with Crippen LogP contribution in [0.4, 0.5) is 0 Å². The Hall–Kier alpha value is -5.80. The van der Waals surface area contributed by atoms with Crippen molar-refractivity contribution >= 4 is 21.9 Å². The van der Waals surface area contributed by atoms with E-state index in [9.17, 15) is 0 Å². The van der Waals surface area contributed by atoms with Gasteiger partial charge in [0.05, 0.1) is 11.4 Å². The average molecular weight is 591 g/mol. The lowest BCUT2D eigenvalue weighted by atomic mass is 9.82. The highest BCUT2D eigenvalue weighted by Gasteiger charge is 2.37. The molecule has 2 aromatic heterocycles. The molecule has 0 bridgehead atoms. The summed E-state index contributed by atoms with van der Waals surface area (Å²) in [5.74, 6) is 0.707. The van der Waals surface area contributed by atoms with Crippen LogP contribution in [0.2, 0.25) is 0 Å². The zero-order chi connectivity index (χ0) is 30.8. The Balaban J connectivity index is 1.19. The number of aromatic nitrogens is 2. The van der Waals surface area contributed by atoms with Crippen LogP contribution >= 0.6 is 0 Å². The number of benzene rings is 6. The molecule has 0 radical (unpaired) electrons. The van der Waals surface area contributed by atoms with Crippen molar-refractivity contribution in [3.05, 3.63) is 157 Å². The van der Waals surface area contributed by atoms with Crippen LogP contribution in [-0.2, 0) is 5.41 Å². The molecule has 3 heteroatoms. The van der Waals surface area contributed by atoms with Gasteiger partial charge in [-0.15, -0.1) is 0 Å². The highest BCUT2D eigenvalue weighted by atomic mass is 16.3. The molecule has 1 aliphatic carbocycles. The van der Waals surface area contributed by atoms with E-state index in [1.807, 2.05) is 42.5 Å². The van der Waals surface area contributed by atoms with Gasteiger partial charge < -0.3 is 4.42 Å². The van der Waals surface area contributed by atoms with Gasteiger partial charge in [0.15, 0.2) is 5.82 Å². The number of hydrogen-bond donors (Lipinski definition) is 0. The molecule has 0 N–H and O–H groups in total. The number of nitrogens with zero attached hydrogens (tertiary/aromatic N) is 2. The second-order valence-corrected chi connectivity index (χ2v) is 12.6. The molecule has 1 aliphatic rings. The zero-order valence-corrected chi connectivity index (χ0v) is 25.7. The monoisotopic (exact) mass is 590 g/mol. The first-order chi connectivity index (χ1) is 22.5. The molecule has 218 valence electrons. The van der Waals surface area contributed by atoms with E-state index in [-0.39, 0.29) is 5.41 Å². The number of furan rings is 1. The number of para-hydroxylation sites is 1. The van der Waals surface area contributed by atoms with Gasteiger partial charge in [-0.3, -0.25) is 0 Å². The third-order valence-electron chi connectivity index (χ3n) is 9.50. The lowest BCUT2D eigenvalue weighted by molar-refractivity contribution is 0.653. The Bertz CT molecular complexity index is 2380. The SMILES string of the molecule is CC1(C)c2ccc(-c3cccc(-c4nc(-c5ccccc5)cc(-c5ccccc5)n4)c3)cc2-c2c1ccc1c2oc2ccccc21. The maximum Gasteiger partial charge on any atom is 0.160 e. The van der Waals surface area contributed by atoms with Crippen LogP contribution in [0.1, 0.15) is 25.0 Å². The smallest absolute Gasteiger partial charge is 0.160 e. The van der Waals surface area contributed by atoms with Gasteiger partial charge in [-0.05, 0) is 52.1 Å². The second-order valence-electron chi connectivity index (χ2n) is 12.6. The second kappa shape index (κ2) is 10.1. The predicted molar refractivity (Wildman–Crippen MR) is 189 cm³/mol. The summed E-state index contributed by atoms with van der Waals surface area (Å²) in [6.45, 7) is 4.63. The van der Waals surface area contributed by atoms with Crippen LogP contribution in [0.15, 0.2) is 150 Å². The molecule has 0 spiro atoms. The third-order valence-corrected chi connectivity index (χ3v) is 9.50. The first kappa shape index (κ1) is 26.6. The van der Waals surface area contributed by atoms with Crippen LogP contribution in [0, 0.1) is 0 Å². The Kier molecular flexibility index (Phi) is 5.85. The van der Waals surface area contributed by atoms with Gasteiger partial charge in [0.25, 0.3) is 0 Å². The molecule has 0 fully saturated rings. The van der Waals surface area contributed by atoms with Crippen molar-refractivity contribution in [1.29, 1.82) is 0 Å². The van der Waals surface area contributed by atoms with Crippen molar-refractivity contribution in [2.75, 3.05) is 0 Å². The van der Waals surface area contributed by atoms with Gasteiger partial charge in [-0.2, -0.15) is 0 Å². The van der Waals surface area contributed by atoms with Crippen LogP contribution in [0.5, 0.6) is 0 Å². The lowest BCUT2D eigenvalue weighted by Crippen LogP contribution is -2.14. The van der Waals surface area contributed by atoms with Crippen molar-refractivity contribution in [2.45, 2.75) is 19.3 Å². The number of fused-ring (bicyclic) bond motifs is 7. The molecule has 46 heavy (non-hydrogen) atoms. The Morgan fingerprint density at radius 3 is 1.83 bits per heavy atom. The normalized spacial score (nSPS) is 13.2. The third kappa shape index (κ3) is 4.13. The van der Waals surface area contributed by atoms with Crippen LogP contribution in [0.25, 0.3) is 78.1 Å². The molecular weight excluding hydrogens is 560 g/mol. The van der Waals surface area contributed by atoms with Gasteiger partial charge in [-0.1, -0.05) is 135 Å². The molecule has 0 saturated heterocycles. The van der Waals surface area contributed by atoms with Crippen LogP contribution in [-0.4, -0.2) is 9.97 Å². The summed E-state index contributed by atoms with van der Waals surface area (Å²) in [5.41, 5.74) is 14.0. The van der Waals surface area contributed by atoms with Crippen LogP contribution < -0.4 is 0 Å². The molecule has 8 aromatic rings. The fraction of sp³-hybridized carbons (Fsp3) is 0.0698. The van der Waals surface area contributed by atoms with Crippen molar-refractivity contribution in [3.8, 4) is 56.2 Å². The van der Waals surface area contributed by atoms with Gasteiger partial charge >= 0.3 is 0 Å². The molecular formula is C43H30N2O. The first-order valence-electron chi connectivity index (χ1n) is 15.7. The van der Waals surface area contributed by atoms with Crippen molar-refractivity contribution in [3.63, 3.8) is 0 Å². The highest BCUT2D eigenvalue weighted by Crippen LogP contribution is 2.53. The summed E-state index contributed by atoms with van der Waals surface area (Å²) in [7, 11) is 0. The summed E-state index contributed by atoms with van der Waals surface area (Å²) in [4.78, 5) is 10.1. The standard InChI is InChI=1S/C43H30N2O/c1-43(2)35-22-20-30(25-34(35)40-36(43)23-21-33-32-18-9-10-19-39(32)46-41(33)40)29-16-11-17-31(24-29)42-44-37(27-12-5-3-6-13-27)26-38(45-42)28-14-7-4-8-15-28/h3-26H,1-2H3. The lowest BCUT2D eigenvalue weighted by Gasteiger charge is -2.21. The Morgan fingerprint density at radius 1 is 0.478 bits per heavy atom. The fourth-order valence-corrected chi connectivity index (χ4v) is 7.13. The van der Waals surface area contributed by atoms with Crippen molar-refractivity contribution in [1.82, 2.24) is 9.97 Å². The quantitative estimate of drug-likeness (QED) is 0.205. The van der Waals surface area contributed by atoms with E-state index in [0.717, 1.165) is 61.1 Å². The molecule has 3 nitrogen and oxygen atoms in total. The first-order valence-corrected chi connectivity index (χ1v) is 15.7. The summed E-state index contributed by atoms with van der Waals surface area (Å²) >= 11 is 0. The summed E-state index contributed by atoms with van der Waals surface area (Å²) in [6, 6.07) is 51.0. The average Bonchev–Trinajstić information content (AvgIpc) is 3.61. The van der Waals surface area contributed by atoms with Crippen molar-refractivity contribution < 1.29 is 4.42 Å². The van der Waals surface area contributed by atoms with Gasteiger partial charge in [0.2, 0.25) is 0 Å². The topological polar surface area (TPSA) is 38.9 Å². The van der Waals surface area contributed by atoms with E-state index in [1.165, 1.54) is 22.3 Å². The Morgan fingerprint density at radius 2 is 1.09 bits per heavy atom. The van der Waals surface area contributed by atoms with E-state index in [1.54, 1.807) is 0 Å². The zero-order valence-electron chi connectivity index (χ0n) is 25.7. The number of hydrogen-bond acceptors (Lipinski definition) is 3. The Labute approximate surface area is 267 Å². The molecule has 0 atom stereocenters. The molecule has 0 amide bonds. The summed E-state index contributed by atoms with van der Waals surface area (Å²) in [5, 5.41) is 2.32. The predicted octanol–water partition coefficient (Wildman–Crippen LogP) is 11.4. The molecule has 9 rings (SSSR count). The maximum atomic E-state index is 6.55. The summed E-state index contributed by atoms with van der Waals surface area (Å²) in [6.07, 6.45) is 0. The molecule has 0 saturated carbocycles. The van der Waals surface area contributed by atoms with E-state index in [4.69, 9.17) is 14.4 Å². The van der Waals surface area contributed by atoms with Gasteiger partial charge in [0.1, 0.15) is 11.2 Å². The molecule has 0 unspecified atom stereocenters. The summed E-state index contributed by atoms with van der Waals surface area (Å²) < 4.78 is 6.55. The van der Waals surface area contributed by atoms with E-state index in [2.05, 4.69) is 117 Å². The molecule has 2 heterocycles. The van der Waals surface area contributed by atoms with Crippen molar-refractivity contribution in [2.24, 2.45) is 0 Å². The fourth-order valence-electron chi connectivity index (χ4n) is 7.13. The largest absolute Gasteiger partial charge is 0.455 e. The van der Waals surface area contributed by atoms with Gasteiger partial charge in [0, 0.05) is 38.4 Å². The minimum Gasteiger partial charge on any atom is -0.455 e. The minimum absolute atomic E-state index is 0.127. The van der Waals surface area contributed by atoms with Crippen LogP contribution in [0.3, 0.4) is 0 Å². The van der Waals surface area contributed by atoms with E-state index >= 15 is 0 Å². The molecule has 6 aromatic carbocycles. The van der Waals surface area contributed by atoms with Gasteiger partial charge in [-0.25, -0.2) is 9.97 Å². The maximum absolute atomic E-state index is 6.55. The van der Waals surface area contributed by atoms with E-state index in [0.29, 0.717) is 5.82 Å². The minimum atomic E-state index is -0.127. The molecule has 0 aliphatic heterocycles. The highest BCUT2D eigenvalue weighted by molar-refractivity contribution is 6.12.